The Kier molecular flexibility index (Phi) is 6.82. The predicted octanol–water partition coefficient (Wildman–Crippen LogP) is 4.10. The SMILES string of the molecule is CCOC(=O)CCOc1ccc(C(=O)Cc2ccc(Cl)cc2)cc1. The van der Waals surface area contributed by atoms with Gasteiger partial charge < -0.3 is 9.47 Å². The van der Waals surface area contributed by atoms with E-state index >= 15 is 0 Å². The standard InChI is InChI=1S/C19H19ClO4/c1-2-23-19(22)11-12-24-17-9-5-15(6-10-17)18(21)13-14-3-7-16(20)8-4-14/h3-10H,2,11-13H2,1H3. The number of ketones is 1. The van der Waals surface area contributed by atoms with Crippen LogP contribution in [0.3, 0.4) is 0 Å². The summed E-state index contributed by atoms with van der Waals surface area (Å²) in [6, 6.07) is 14.1. The number of hydrogen-bond donors (Lipinski definition) is 0. The molecule has 5 heteroatoms. The maximum atomic E-state index is 12.3. The Bertz CT molecular complexity index is 678. The van der Waals surface area contributed by atoms with Crippen LogP contribution in [0.25, 0.3) is 0 Å². The summed E-state index contributed by atoms with van der Waals surface area (Å²) in [5.41, 5.74) is 1.53. The van der Waals surface area contributed by atoms with Gasteiger partial charge in [0.05, 0.1) is 19.6 Å². The number of Topliss-reactive ketones (excluding diaryl/α,β-unsaturated/α-hetero) is 1. The highest BCUT2D eigenvalue weighted by Crippen LogP contribution is 2.16. The largest absolute Gasteiger partial charge is 0.493 e. The Labute approximate surface area is 146 Å². The highest BCUT2D eigenvalue weighted by molar-refractivity contribution is 6.30. The summed E-state index contributed by atoms with van der Waals surface area (Å²) in [5, 5.41) is 0.649. The van der Waals surface area contributed by atoms with Crippen LogP contribution in [0.2, 0.25) is 5.02 Å². The second-order valence-corrected chi connectivity index (χ2v) is 5.59. The molecule has 0 fully saturated rings. The fraction of sp³-hybridized carbons (Fsp3) is 0.263. The van der Waals surface area contributed by atoms with Gasteiger partial charge in [0.1, 0.15) is 5.75 Å². The van der Waals surface area contributed by atoms with Crippen LogP contribution in [-0.2, 0) is 16.0 Å². The molecule has 0 aliphatic carbocycles. The number of halogens is 1. The Morgan fingerprint density at radius 1 is 1.00 bits per heavy atom. The first-order valence-corrected chi connectivity index (χ1v) is 8.12. The summed E-state index contributed by atoms with van der Waals surface area (Å²) >= 11 is 5.83. The molecular weight excluding hydrogens is 328 g/mol. The van der Waals surface area contributed by atoms with Crippen molar-refractivity contribution in [2.75, 3.05) is 13.2 Å². The fourth-order valence-corrected chi connectivity index (χ4v) is 2.24. The summed E-state index contributed by atoms with van der Waals surface area (Å²) in [6.45, 7) is 2.37. The minimum absolute atomic E-state index is 0.0235. The lowest BCUT2D eigenvalue weighted by Crippen LogP contribution is -2.09. The predicted molar refractivity (Wildman–Crippen MR) is 92.7 cm³/mol. The molecule has 0 saturated carbocycles. The third-order valence-corrected chi connectivity index (χ3v) is 3.59. The van der Waals surface area contributed by atoms with Gasteiger partial charge in [-0.2, -0.15) is 0 Å². The van der Waals surface area contributed by atoms with E-state index in [1.54, 1.807) is 43.3 Å². The van der Waals surface area contributed by atoms with E-state index in [2.05, 4.69) is 0 Å². The van der Waals surface area contributed by atoms with Crippen LogP contribution in [0.4, 0.5) is 0 Å². The van der Waals surface area contributed by atoms with Crippen LogP contribution in [0, 0.1) is 0 Å². The van der Waals surface area contributed by atoms with Gasteiger partial charge in [0, 0.05) is 17.0 Å². The van der Waals surface area contributed by atoms with Crippen molar-refractivity contribution in [3.63, 3.8) is 0 Å². The van der Waals surface area contributed by atoms with E-state index < -0.39 is 0 Å². The van der Waals surface area contributed by atoms with E-state index in [1.807, 2.05) is 12.1 Å². The Balaban J connectivity index is 1.85. The molecule has 0 aliphatic rings. The van der Waals surface area contributed by atoms with Crippen molar-refractivity contribution in [2.24, 2.45) is 0 Å². The number of ether oxygens (including phenoxy) is 2. The maximum absolute atomic E-state index is 12.3. The number of benzene rings is 2. The quantitative estimate of drug-likeness (QED) is 0.533. The minimum atomic E-state index is -0.285. The molecule has 0 atom stereocenters. The van der Waals surface area contributed by atoms with E-state index in [0.29, 0.717) is 29.4 Å². The van der Waals surface area contributed by atoms with Crippen LogP contribution >= 0.6 is 11.6 Å². The topological polar surface area (TPSA) is 52.6 Å². The van der Waals surface area contributed by atoms with Crippen LogP contribution in [0.1, 0.15) is 29.3 Å². The first kappa shape index (κ1) is 18.0. The van der Waals surface area contributed by atoms with Gasteiger partial charge >= 0.3 is 5.97 Å². The lowest BCUT2D eigenvalue weighted by Gasteiger charge is -2.07. The van der Waals surface area contributed by atoms with Gasteiger partial charge in [-0.15, -0.1) is 0 Å². The second-order valence-electron chi connectivity index (χ2n) is 5.15. The van der Waals surface area contributed by atoms with Gasteiger partial charge in [-0.3, -0.25) is 9.59 Å². The Hall–Kier alpha value is -2.33. The fourth-order valence-electron chi connectivity index (χ4n) is 2.11. The Morgan fingerprint density at radius 3 is 2.29 bits per heavy atom. The van der Waals surface area contributed by atoms with Gasteiger partial charge in [-0.1, -0.05) is 23.7 Å². The van der Waals surface area contributed by atoms with Crippen LogP contribution in [0.5, 0.6) is 5.75 Å². The van der Waals surface area contributed by atoms with Crippen molar-refractivity contribution in [1.82, 2.24) is 0 Å². The van der Waals surface area contributed by atoms with Crippen molar-refractivity contribution in [2.45, 2.75) is 19.8 Å². The number of esters is 1. The summed E-state index contributed by atoms with van der Waals surface area (Å²) in [4.78, 5) is 23.5. The highest BCUT2D eigenvalue weighted by atomic mass is 35.5. The molecule has 0 unspecified atom stereocenters. The number of carbonyl (C=O) groups excluding carboxylic acids is 2. The maximum Gasteiger partial charge on any atom is 0.309 e. The van der Waals surface area contributed by atoms with Crippen LogP contribution < -0.4 is 4.74 Å². The minimum Gasteiger partial charge on any atom is -0.493 e. The molecule has 2 aromatic rings. The first-order valence-electron chi connectivity index (χ1n) is 7.74. The molecule has 0 amide bonds. The molecule has 24 heavy (non-hydrogen) atoms. The average Bonchev–Trinajstić information content (AvgIpc) is 2.58. The number of hydrogen-bond acceptors (Lipinski definition) is 4. The molecule has 0 aliphatic heterocycles. The van der Waals surface area contributed by atoms with Gasteiger partial charge in [0.15, 0.2) is 5.78 Å². The van der Waals surface area contributed by atoms with Crippen LogP contribution in [0.15, 0.2) is 48.5 Å². The lowest BCUT2D eigenvalue weighted by molar-refractivity contribution is -0.143. The molecule has 0 radical (unpaired) electrons. The molecule has 0 spiro atoms. The molecule has 0 N–H and O–H groups in total. The lowest BCUT2D eigenvalue weighted by atomic mass is 10.0. The molecule has 0 saturated heterocycles. The van der Waals surface area contributed by atoms with Gasteiger partial charge in [-0.05, 0) is 48.9 Å². The third kappa shape index (κ3) is 5.70. The summed E-state index contributed by atoms with van der Waals surface area (Å²) in [7, 11) is 0. The molecule has 126 valence electrons. The Morgan fingerprint density at radius 2 is 1.67 bits per heavy atom. The molecule has 2 rings (SSSR count). The van der Waals surface area contributed by atoms with Crippen molar-refractivity contribution in [1.29, 1.82) is 0 Å². The average molecular weight is 347 g/mol. The number of rotatable bonds is 8. The summed E-state index contributed by atoms with van der Waals surface area (Å²) in [5.74, 6) is 0.352. The summed E-state index contributed by atoms with van der Waals surface area (Å²) in [6.07, 6.45) is 0.519. The van der Waals surface area contributed by atoms with E-state index in [0.717, 1.165) is 5.56 Å². The number of carbonyl (C=O) groups is 2. The van der Waals surface area contributed by atoms with Gasteiger partial charge in [0.2, 0.25) is 0 Å². The van der Waals surface area contributed by atoms with E-state index in [4.69, 9.17) is 21.1 Å². The molecule has 0 heterocycles. The van der Waals surface area contributed by atoms with Crippen molar-refractivity contribution in [3.05, 3.63) is 64.7 Å². The van der Waals surface area contributed by atoms with Crippen molar-refractivity contribution >= 4 is 23.4 Å². The molecule has 0 aromatic heterocycles. The zero-order valence-corrected chi connectivity index (χ0v) is 14.2. The normalized spacial score (nSPS) is 10.2. The highest BCUT2D eigenvalue weighted by Gasteiger charge is 2.08. The zero-order chi connectivity index (χ0) is 17.4. The van der Waals surface area contributed by atoms with E-state index in [9.17, 15) is 9.59 Å². The van der Waals surface area contributed by atoms with E-state index in [-0.39, 0.29) is 24.8 Å². The zero-order valence-electron chi connectivity index (χ0n) is 13.5. The monoisotopic (exact) mass is 346 g/mol. The van der Waals surface area contributed by atoms with Crippen molar-refractivity contribution < 1.29 is 19.1 Å². The third-order valence-electron chi connectivity index (χ3n) is 3.33. The summed E-state index contributed by atoms with van der Waals surface area (Å²) < 4.78 is 10.3. The molecule has 4 nitrogen and oxygen atoms in total. The smallest absolute Gasteiger partial charge is 0.309 e. The van der Waals surface area contributed by atoms with Gasteiger partial charge in [0.25, 0.3) is 0 Å². The molecule has 0 bridgehead atoms. The van der Waals surface area contributed by atoms with Crippen molar-refractivity contribution in [3.8, 4) is 5.75 Å². The molecular formula is C19H19ClO4. The first-order chi connectivity index (χ1) is 11.6. The van der Waals surface area contributed by atoms with Crippen LogP contribution in [-0.4, -0.2) is 25.0 Å². The second kappa shape index (κ2) is 9.08. The molecule has 2 aromatic carbocycles. The van der Waals surface area contributed by atoms with E-state index in [1.165, 1.54) is 0 Å². The van der Waals surface area contributed by atoms with Gasteiger partial charge in [-0.25, -0.2) is 0 Å².